The van der Waals surface area contributed by atoms with Crippen LogP contribution in [0.5, 0.6) is 5.75 Å². The smallest absolute Gasteiger partial charge is 0.497 e. The Kier molecular flexibility index (Phi) is 5.64. The Labute approximate surface area is 150 Å². The van der Waals surface area contributed by atoms with Crippen LogP contribution in [0.4, 0.5) is 0 Å². The van der Waals surface area contributed by atoms with E-state index in [1.165, 1.54) is 6.08 Å². The SMILES string of the molecule is CCOC(=O)/C=C(\C)c1ccc(OC)c(B2OC(C)(C)C(C)(C)O2)c1. The van der Waals surface area contributed by atoms with Crippen molar-refractivity contribution in [3.8, 4) is 5.75 Å². The van der Waals surface area contributed by atoms with Gasteiger partial charge in [-0.2, -0.15) is 0 Å². The maximum absolute atomic E-state index is 11.7. The number of hydrogen-bond donors (Lipinski definition) is 0. The molecule has 1 fully saturated rings. The summed E-state index contributed by atoms with van der Waals surface area (Å²) < 4.78 is 22.7. The number of carbonyl (C=O) groups is 1. The molecule has 1 aromatic rings. The number of carbonyl (C=O) groups excluding carboxylic acids is 1. The average Bonchev–Trinajstić information content (AvgIpc) is 2.74. The van der Waals surface area contributed by atoms with Gasteiger partial charge >= 0.3 is 13.1 Å². The highest BCUT2D eigenvalue weighted by molar-refractivity contribution is 6.63. The van der Waals surface area contributed by atoms with Crippen LogP contribution in [-0.2, 0) is 18.8 Å². The van der Waals surface area contributed by atoms with Gasteiger partial charge in [-0.3, -0.25) is 0 Å². The zero-order valence-electron chi connectivity index (χ0n) is 16.1. The first-order valence-electron chi connectivity index (χ1n) is 8.50. The number of hydrogen-bond acceptors (Lipinski definition) is 5. The van der Waals surface area contributed by atoms with E-state index in [0.717, 1.165) is 16.6 Å². The fourth-order valence-corrected chi connectivity index (χ4v) is 2.58. The lowest BCUT2D eigenvalue weighted by atomic mass is 9.77. The first-order chi connectivity index (χ1) is 11.6. The molecule has 1 aliphatic heterocycles. The molecule has 6 heteroatoms. The molecular weight excluding hydrogens is 319 g/mol. The molecule has 0 amide bonds. The van der Waals surface area contributed by atoms with E-state index >= 15 is 0 Å². The van der Waals surface area contributed by atoms with Crippen LogP contribution >= 0.6 is 0 Å². The van der Waals surface area contributed by atoms with Crippen molar-refractivity contribution in [2.75, 3.05) is 13.7 Å². The summed E-state index contributed by atoms with van der Waals surface area (Å²) in [5.41, 5.74) is 1.62. The van der Waals surface area contributed by atoms with E-state index in [4.69, 9.17) is 18.8 Å². The molecular formula is C19H27BO5. The van der Waals surface area contributed by atoms with Crippen molar-refractivity contribution in [3.63, 3.8) is 0 Å². The molecule has 0 aliphatic carbocycles. The van der Waals surface area contributed by atoms with E-state index in [1.54, 1.807) is 14.0 Å². The summed E-state index contributed by atoms with van der Waals surface area (Å²) in [7, 11) is 1.08. The molecule has 1 aromatic carbocycles. The first kappa shape index (κ1) is 19.5. The molecule has 5 nitrogen and oxygen atoms in total. The van der Waals surface area contributed by atoms with Gasteiger partial charge in [0.05, 0.1) is 24.9 Å². The summed E-state index contributed by atoms with van der Waals surface area (Å²) in [6, 6.07) is 5.70. The van der Waals surface area contributed by atoms with Crippen LogP contribution in [0.3, 0.4) is 0 Å². The van der Waals surface area contributed by atoms with Gasteiger partial charge in [0.2, 0.25) is 0 Å². The van der Waals surface area contributed by atoms with Crippen molar-refractivity contribution in [3.05, 3.63) is 29.8 Å². The third-order valence-electron chi connectivity index (χ3n) is 4.81. The monoisotopic (exact) mass is 346 g/mol. The first-order valence-corrected chi connectivity index (χ1v) is 8.50. The van der Waals surface area contributed by atoms with Crippen LogP contribution in [0.1, 0.15) is 47.1 Å². The molecule has 0 radical (unpaired) electrons. The number of esters is 1. The second-order valence-electron chi connectivity index (χ2n) is 7.12. The van der Waals surface area contributed by atoms with Crippen LogP contribution in [-0.4, -0.2) is 38.0 Å². The summed E-state index contributed by atoms with van der Waals surface area (Å²) in [6.07, 6.45) is 1.49. The summed E-state index contributed by atoms with van der Waals surface area (Å²) >= 11 is 0. The quantitative estimate of drug-likeness (QED) is 0.466. The van der Waals surface area contributed by atoms with Crippen molar-refractivity contribution < 1.29 is 23.6 Å². The molecule has 0 N–H and O–H groups in total. The number of ether oxygens (including phenoxy) is 2. The average molecular weight is 346 g/mol. The Morgan fingerprint density at radius 3 is 2.32 bits per heavy atom. The fraction of sp³-hybridized carbons (Fsp3) is 0.526. The van der Waals surface area contributed by atoms with Gasteiger partial charge in [0.25, 0.3) is 0 Å². The molecule has 1 saturated heterocycles. The third kappa shape index (κ3) is 4.07. The predicted molar refractivity (Wildman–Crippen MR) is 99.0 cm³/mol. The molecule has 0 unspecified atom stereocenters. The zero-order valence-corrected chi connectivity index (χ0v) is 16.1. The van der Waals surface area contributed by atoms with E-state index in [0.29, 0.717) is 12.4 Å². The van der Waals surface area contributed by atoms with E-state index < -0.39 is 18.3 Å². The van der Waals surface area contributed by atoms with Crippen molar-refractivity contribution in [1.82, 2.24) is 0 Å². The van der Waals surface area contributed by atoms with Crippen molar-refractivity contribution in [2.45, 2.75) is 52.7 Å². The second kappa shape index (κ2) is 7.22. The molecule has 1 aliphatic rings. The van der Waals surface area contributed by atoms with E-state index in [-0.39, 0.29) is 5.97 Å². The Hall–Kier alpha value is -1.79. The summed E-state index contributed by atoms with van der Waals surface area (Å²) in [4.78, 5) is 11.7. The third-order valence-corrected chi connectivity index (χ3v) is 4.81. The summed E-state index contributed by atoms with van der Waals surface area (Å²) in [5.74, 6) is 0.333. The van der Waals surface area contributed by atoms with Gasteiger partial charge in [-0.05, 0) is 58.7 Å². The maximum Gasteiger partial charge on any atom is 0.498 e. The largest absolute Gasteiger partial charge is 0.498 e. The van der Waals surface area contributed by atoms with Crippen LogP contribution < -0.4 is 10.2 Å². The Bertz CT molecular complexity index is 662. The fourth-order valence-electron chi connectivity index (χ4n) is 2.58. The molecule has 136 valence electrons. The molecule has 1 heterocycles. The van der Waals surface area contributed by atoms with Gasteiger partial charge in [-0.15, -0.1) is 0 Å². The van der Waals surface area contributed by atoms with Crippen molar-refractivity contribution in [2.24, 2.45) is 0 Å². The van der Waals surface area contributed by atoms with E-state index in [1.807, 2.05) is 52.8 Å². The minimum atomic E-state index is -0.532. The van der Waals surface area contributed by atoms with Gasteiger partial charge in [-0.1, -0.05) is 12.1 Å². The predicted octanol–water partition coefficient (Wildman–Crippen LogP) is 2.96. The van der Waals surface area contributed by atoms with Gasteiger partial charge in [0.1, 0.15) is 5.75 Å². The summed E-state index contributed by atoms with van der Waals surface area (Å²) in [5, 5.41) is 0. The zero-order chi connectivity index (χ0) is 18.8. The highest BCUT2D eigenvalue weighted by Gasteiger charge is 2.52. The molecule has 0 bridgehead atoms. The minimum absolute atomic E-state index is 0.352. The van der Waals surface area contributed by atoms with Gasteiger partial charge in [-0.25, -0.2) is 4.79 Å². The molecule has 2 rings (SSSR count). The van der Waals surface area contributed by atoms with Gasteiger partial charge < -0.3 is 18.8 Å². The Morgan fingerprint density at radius 2 is 1.80 bits per heavy atom. The normalized spacial score (nSPS) is 19.0. The lowest BCUT2D eigenvalue weighted by molar-refractivity contribution is -0.137. The standard InChI is InChI=1S/C19H27BO5/c1-8-23-17(21)11-13(2)14-9-10-16(22-7)15(12-14)20-24-18(3,4)19(5,6)25-20/h9-12H,8H2,1-7H3/b13-11+. The van der Waals surface area contributed by atoms with Crippen molar-refractivity contribution >= 4 is 24.1 Å². The number of rotatable bonds is 5. The maximum atomic E-state index is 11.7. The van der Waals surface area contributed by atoms with Crippen LogP contribution in [0.2, 0.25) is 0 Å². The molecule has 0 aromatic heterocycles. The topological polar surface area (TPSA) is 54.0 Å². The summed E-state index contributed by atoms with van der Waals surface area (Å²) in [6.45, 7) is 12.0. The molecule has 0 saturated carbocycles. The van der Waals surface area contributed by atoms with Gasteiger partial charge in [0.15, 0.2) is 0 Å². The number of benzene rings is 1. The Balaban J connectivity index is 2.37. The highest BCUT2D eigenvalue weighted by atomic mass is 16.7. The lowest BCUT2D eigenvalue weighted by Crippen LogP contribution is -2.41. The van der Waals surface area contributed by atoms with Crippen molar-refractivity contribution in [1.29, 1.82) is 0 Å². The van der Waals surface area contributed by atoms with Crippen LogP contribution in [0.25, 0.3) is 5.57 Å². The Morgan fingerprint density at radius 1 is 1.20 bits per heavy atom. The molecule has 0 spiro atoms. The van der Waals surface area contributed by atoms with Gasteiger partial charge in [0, 0.05) is 11.5 Å². The lowest BCUT2D eigenvalue weighted by Gasteiger charge is -2.32. The van der Waals surface area contributed by atoms with E-state index in [2.05, 4.69) is 0 Å². The number of allylic oxidation sites excluding steroid dienone is 1. The minimum Gasteiger partial charge on any atom is -0.497 e. The molecule has 0 atom stereocenters. The van der Waals surface area contributed by atoms with Crippen LogP contribution in [0, 0.1) is 0 Å². The van der Waals surface area contributed by atoms with Crippen LogP contribution in [0.15, 0.2) is 24.3 Å². The van der Waals surface area contributed by atoms with E-state index in [9.17, 15) is 4.79 Å². The second-order valence-corrected chi connectivity index (χ2v) is 7.12. The highest BCUT2D eigenvalue weighted by Crippen LogP contribution is 2.37. The molecule has 25 heavy (non-hydrogen) atoms. The number of methoxy groups -OCH3 is 1.